The van der Waals surface area contributed by atoms with Crippen molar-refractivity contribution in [1.29, 1.82) is 0 Å². The number of nitrogens with one attached hydrogen (secondary N) is 1. The van der Waals surface area contributed by atoms with Crippen LogP contribution in [0.15, 0.2) is 66.9 Å². The van der Waals surface area contributed by atoms with E-state index in [1.165, 1.54) is 12.8 Å². The molecule has 9 heteroatoms. The molecule has 2 atom stereocenters. The van der Waals surface area contributed by atoms with Crippen LogP contribution in [0.2, 0.25) is 10.0 Å². The lowest BCUT2D eigenvalue weighted by molar-refractivity contribution is 0.438. The van der Waals surface area contributed by atoms with Gasteiger partial charge < -0.3 is 24.8 Å². The summed E-state index contributed by atoms with van der Waals surface area (Å²) in [5, 5.41) is 16.2. The highest BCUT2D eigenvalue weighted by atomic mass is 35.5. The summed E-state index contributed by atoms with van der Waals surface area (Å²) in [6.45, 7) is 8.42. The first kappa shape index (κ1) is 27.9. The lowest BCUT2D eigenvalue weighted by Gasteiger charge is -2.33. The third-order valence-electron chi connectivity index (χ3n) is 8.40. The van der Waals surface area contributed by atoms with Crippen molar-refractivity contribution in [2.75, 3.05) is 22.9 Å². The number of anilines is 2. The zero-order valence-corrected chi connectivity index (χ0v) is 25.6. The summed E-state index contributed by atoms with van der Waals surface area (Å²) in [5.74, 6) is 0.907. The molecule has 0 aliphatic carbocycles. The number of piperidine rings is 1. The smallest absolute Gasteiger partial charge is 0.174 e. The van der Waals surface area contributed by atoms with Crippen LogP contribution in [0.25, 0.3) is 5.69 Å². The Kier molecular flexibility index (Phi) is 7.62. The van der Waals surface area contributed by atoms with Gasteiger partial charge in [0.25, 0.3) is 0 Å². The highest BCUT2D eigenvalue weighted by Crippen LogP contribution is 2.45. The van der Waals surface area contributed by atoms with Gasteiger partial charge in [0.1, 0.15) is 5.75 Å². The van der Waals surface area contributed by atoms with E-state index in [1.54, 1.807) is 24.4 Å². The summed E-state index contributed by atoms with van der Waals surface area (Å²) >= 11 is 19.3. The van der Waals surface area contributed by atoms with Crippen LogP contribution >= 0.6 is 35.4 Å². The first-order chi connectivity index (χ1) is 19.7. The Labute approximate surface area is 256 Å². The summed E-state index contributed by atoms with van der Waals surface area (Å²) < 4.78 is 2.04. The topological polar surface area (TPSA) is 56.6 Å². The molecule has 0 amide bonds. The number of halogens is 2. The van der Waals surface area contributed by atoms with Gasteiger partial charge in [-0.1, -0.05) is 36.2 Å². The fraction of sp³-hybridized carbons (Fsp3) is 0.312. The van der Waals surface area contributed by atoms with Gasteiger partial charge in [0, 0.05) is 41.4 Å². The fourth-order valence-electron chi connectivity index (χ4n) is 6.23. The summed E-state index contributed by atoms with van der Waals surface area (Å²) in [6.07, 6.45) is 4.14. The van der Waals surface area contributed by atoms with E-state index in [4.69, 9.17) is 40.4 Å². The number of aryl methyl sites for hydroxylation is 1. The number of pyridine rings is 1. The maximum absolute atomic E-state index is 10.7. The molecule has 212 valence electrons. The van der Waals surface area contributed by atoms with Crippen LogP contribution in [0, 0.1) is 19.8 Å². The van der Waals surface area contributed by atoms with E-state index in [9.17, 15) is 5.11 Å². The molecule has 2 aromatic heterocycles. The van der Waals surface area contributed by atoms with Crippen LogP contribution in [0.4, 0.5) is 11.4 Å². The Balaban J connectivity index is 1.45. The van der Waals surface area contributed by atoms with Gasteiger partial charge in [-0.15, -0.1) is 0 Å². The molecule has 6 rings (SSSR count). The molecule has 2 aliphatic heterocycles. The zero-order chi connectivity index (χ0) is 28.8. The molecule has 0 bridgehead atoms. The number of phenols is 1. The van der Waals surface area contributed by atoms with E-state index in [2.05, 4.69) is 47.2 Å². The van der Waals surface area contributed by atoms with Crippen molar-refractivity contribution in [3.63, 3.8) is 0 Å². The van der Waals surface area contributed by atoms with Crippen molar-refractivity contribution in [3.8, 4) is 11.4 Å². The van der Waals surface area contributed by atoms with Crippen LogP contribution in [-0.2, 0) is 0 Å². The van der Waals surface area contributed by atoms with Crippen LogP contribution in [0.1, 0.15) is 54.5 Å². The molecular weight excluding hydrogens is 573 g/mol. The number of aromatic nitrogens is 2. The second-order valence-corrected chi connectivity index (χ2v) is 12.3. The van der Waals surface area contributed by atoms with Gasteiger partial charge in [-0.05, 0) is 105 Å². The first-order valence-electron chi connectivity index (χ1n) is 14.0. The third-order valence-corrected chi connectivity index (χ3v) is 9.25. The van der Waals surface area contributed by atoms with Gasteiger partial charge >= 0.3 is 0 Å². The Hall–Kier alpha value is -3.26. The van der Waals surface area contributed by atoms with E-state index < -0.39 is 0 Å². The average molecular weight is 607 g/mol. The largest absolute Gasteiger partial charge is 0.506 e. The molecule has 4 heterocycles. The lowest BCUT2D eigenvalue weighted by atomic mass is 9.96. The number of phenolic OH excluding ortho intramolecular Hbond substituents is 1. The standard InChI is InChI=1S/C32H33Cl2N5OS/c1-19-11-14-37(15-12-19)27-9-8-23(18-25(27)34)39-31(30(36-32(39)41)26-6-4-5-13-35-26)24-16-20(2)38(21(24)3)28-17-22(33)7-10-29(28)40/h4-10,13,16-19,30-31,40H,11-12,14-15H2,1-3H3,(H,36,41). The number of aromatic hydroxyl groups is 1. The van der Waals surface area contributed by atoms with Gasteiger partial charge in [0.05, 0.1) is 34.2 Å². The van der Waals surface area contributed by atoms with Crippen LogP contribution in [0.3, 0.4) is 0 Å². The van der Waals surface area contributed by atoms with Crippen LogP contribution in [-0.4, -0.2) is 32.9 Å². The van der Waals surface area contributed by atoms with Gasteiger partial charge in [-0.3, -0.25) is 4.98 Å². The van der Waals surface area contributed by atoms with E-state index in [1.807, 2.05) is 35.8 Å². The Morgan fingerprint density at radius 3 is 2.46 bits per heavy atom. The molecule has 2 aromatic carbocycles. The summed E-state index contributed by atoms with van der Waals surface area (Å²) in [4.78, 5) is 9.22. The van der Waals surface area contributed by atoms with E-state index in [-0.39, 0.29) is 17.8 Å². The predicted octanol–water partition coefficient (Wildman–Crippen LogP) is 7.91. The molecule has 41 heavy (non-hydrogen) atoms. The van der Waals surface area contributed by atoms with Crippen LogP contribution in [0.5, 0.6) is 5.75 Å². The molecule has 4 aromatic rings. The van der Waals surface area contributed by atoms with Crippen molar-refractivity contribution >= 4 is 51.9 Å². The molecule has 2 fully saturated rings. The number of nitrogens with zero attached hydrogens (tertiary/aromatic N) is 4. The zero-order valence-electron chi connectivity index (χ0n) is 23.3. The summed E-state index contributed by atoms with van der Waals surface area (Å²) in [6, 6.07) is 19.0. The molecule has 2 saturated heterocycles. The normalized spacial score (nSPS) is 19.6. The molecule has 0 spiro atoms. The highest BCUT2D eigenvalue weighted by Gasteiger charge is 2.42. The first-order valence-corrected chi connectivity index (χ1v) is 15.1. The molecule has 6 nitrogen and oxygen atoms in total. The van der Waals surface area contributed by atoms with Gasteiger partial charge in [-0.25, -0.2) is 0 Å². The Morgan fingerprint density at radius 2 is 1.76 bits per heavy atom. The number of hydrogen-bond acceptors (Lipinski definition) is 4. The van der Waals surface area contributed by atoms with Crippen molar-refractivity contribution < 1.29 is 5.11 Å². The maximum atomic E-state index is 10.7. The summed E-state index contributed by atoms with van der Waals surface area (Å²) in [5.41, 5.74) is 6.52. The second-order valence-electron chi connectivity index (χ2n) is 11.1. The number of benzene rings is 2. The molecule has 2 aliphatic rings. The van der Waals surface area contributed by atoms with Crippen molar-refractivity contribution in [2.24, 2.45) is 5.92 Å². The number of rotatable bonds is 5. The van der Waals surface area contributed by atoms with Gasteiger partial charge in [0.2, 0.25) is 0 Å². The molecule has 2 unspecified atom stereocenters. The van der Waals surface area contributed by atoms with Crippen molar-refractivity contribution in [3.05, 3.63) is 99.6 Å². The minimum atomic E-state index is -0.212. The van der Waals surface area contributed by atoms with Crippen LogP contribution < -0.4 is 15.1 Å². The van der Waals surface area contributed by atoms with Crippen molar-refractivity contribution in [1.82, 2.24) is 14.9 Å². The molecular formula is C32H33Cl2N5OS. The van der Waals surface area contributed by atoms with E-state index in [0.717, 1.165) is 53.0 Å². The third kappa shape index (κ3) is 5.16. The number of hydrogen-bond donors (Lipinski definition) is 2. The monoisotopic (exact) mass is 605 g/mol. The maximum Gasteiger partial charge on any atom is 0.174 e. The molecule has 2 N–H and O–H groups in total. The highest BCUT2D eigenvalue weighted by molar-refractivity contribution is 7.80. The predicted molar refractivity (Wildman–Crippen MR) is 172 cm³/mol. The van der Waals surface area contributed by atoms with E-state index in [0.29, 0.717) is 20.8 Å². The fourth-order valence-corrected chi connectivity index (χ4v) is 7.04. The summed E-state index contributed by atoms with van der Waals surface area (Å²) in [7, 11) is 0. The average Bonchev–Trinajstić information content (AvgIpc) is 3.45. The minimum absolute atomic E-state index is 0.162. The van der Waals surface area contributed by atoms with Crippen molar-refractivity contribution in [2.45, 2.75) is 45.7 Å². The quantitative estimate of drug-likeness (QED) is 0.225. The Bertz CT molecular complexity index is 1600. The lowest BCUT2D eigenvalue weighted by Crippen LogP contribution is -2.33. The Morgan fingerprint density at radius 1 is 0.976 bits per heavy atom. The molecule has 0 saturated carbocycles. The molecule has 0 radical (unpaired) electrons. The van der Waals surface area contributed by atoms with E-state index >= 15 is 0 Å². The van der Waals surface area contributed by atoms with Gasteiger partial charge in [-0.2, -0.15) is 0 Å². The second kappa shape index (κ2) is 11.2. The number of thiocarbonyl (C=S) groups is 1. The minimum Gasteiger partial charge on any atom is -0.506 e. The SMILES string of the molecule is Cc1cc(C2C(c3ccccn3)NC(=S)N2c2ccc(N3CCC(C)CC3)c(Cl)c2)c(C)n1-c1cc(Cl)ccc1O. The van der Waals surface area contributed by atoms with Gasteiger partial charge in [0.15, 0.2) is 5.11 Å².